The van der Waals surface area contributed by atoms with Crippen molar-refractivity contribution < 1.29 is 0 Å². The maximum absolute atomic E-state index is 2.72. The minimum atomic E-state index is -2.14. The smallest absolute Gasteiger partial charge is 0.0654 e. The van der Waals surface area contributed by atoms with Crippen molar-refractivity contribution in [1.82, 2.24) is 0 Å². The van der Waals surface area contributed by atoms with E-state index in [0.717, 1.165) is 0 Å². The van der Waals surface area contributed by atoms with E-state index in [1.165, 1.54) is 193 Å². The third-order valence-electron chi connectivity index (χ3n) is 10.9. The first-order valence-corrected chi connectivity index (χ1v) is 44.0. The molecule has 0 nitrogen and oxygen atoms in total. The number of hydrogen-bond donors (Lipinski definition) is 0. The molecule has 0 N–H and O–H groups in total. The van der Waals surface area contributed by atoms with Crippen LogP contribution in [0, 0.1) is 0 Å². The molecule has 2 aromatic rings. The number of aryl methyl sites for hydroxylation is 2. The van der Waals surface area contributed by atoms with E-state index in [9.17, 15) is 0 Å². The Hall–Kier alpha value is 0.997. The molecule has 0 fully saturated rings. The quantitative estimate of drug-likeness (QED) is 0.0494. The van der Waals surface area contributed by atoms with Crippen LogP contribution in [-0.2, 0) is 12.8 Å². The first kappa shape index (κ1) is 47.1. The summed E-state index contributed by atoms with van der Waals surface area (Å²) in [6.45, 7) is 4.63. The van der Waals surface area contributed by atoms with Crippen molar-refractivity contribution in [2.24, 2.45) is 0 Å². The van der Waals surface area contributed by atoms with Crippen LogP contribution in [0.1, 0.15) is 205 Å². The van der Waals surface area contributed by atoms with Crippen molar-refractivity contribution in [3.63, 3.8) is 0 Å². The van der Waals surface area contributed by atoms with Crippen molar-refractivity contribution in [3.8, 4) is 9.75 Å². The first-order chi connectivity index (χ1) is 24.1. The van der Waals surface area contributed by atoms with E-state index < -0.39 is 36.8 Å². The van der Waals surface area contributed by atoms with Gasteiger partial charge in [0.15, 0.2) is 0 Å². The van der Waals surface area contributed by atoms with Gasteiger partial charge in [-0.05, 0) is 0 Å². The summed E-state index contributed by atoms with van der Waals surface area (Å²) >= 11 is 0.189. The van der Waals surface area contributed by atoms with Crippen LogP contribution in [0.5, 0.6) is 0 Å². The zero-order valence-corrected chi connectivity index (χ0v) is 42.5. The van der Waals surface area contributed by atoms with Crippen molar-refractivity contribution in [3.05, 3.63) is 23.3 Å². The van der Waals surface area contributed by atoms with E-state index >= 15 is 0 Å². The summed E-state index contributed by atoms with van der Waals surface area (Å²) in [5.41, 5.74) is 3.44. The van der Waals surface area contributed by atoms with Gasteiger partial charge in [-0.25, -0.2) is 0 Å². The minimum absolute atomic E-state index is 1.30. The molecule has 4 heteroatoms. The molecular weight excluding hydrogens is 854 g/mol. The van der Waals surface area contributed by atoms with Crippen molar-refractivity contribution in [1.29, 1.82) is 0 Å². The maximum atomic E-state index is 2.72. The van der Waals surface area contributed by atoms with E-state index in [2.05, 4.69) is 78.3 Å². The molecule has 2 rings (SSSR count). The number of thiophene rings is 2. The van der Waals surface area contributed by atoms with E-state index in [4.69, 9.17) is 0 Å². The Labute approximate surface area is 331 Å². The predicted molar refractivity (Wildman–Crippen MR) is 242 cm³/mol. The van der Waals surface area contributed by atoms with Gasteiger partial charge in [0.05, 0.1) is 0 Å². The SMILES string of the molecule is CCCCCCCCCCCCCCCCc1c[c]([Sn]([CH3])([CH3])[CH3])sc1-c1s[c]([Sn]([CH3])([CH3])[CH3])cc1CCCCCCCCCCCCCCCC. The van der Waals surface area contributed by atoms with Crippen LogP contribution in [0.15, 0.2) is 12.1 Å². The normalized spacial score (nSPS) is 12.4. The summed E-state index contributed by atoms with van der Waals surface area (Å²) in [6.07, 6.45) is 43.0. The number of hydrogen-bond acceptors (Lipinski definition) is 2. The van der Waals surface area contributed by atoms with Gasteiger partial charge >= 0.3 is 243 Å². The fourth-order valence-electron chi connectivity index (χ4n) is 7.37. The van der Waals surface area contributed by atoms with E-state index in [1.807, 2.05) is 0 Å². The third kappa shape index (κ3) is 21.2. The molecule has 0 bridgehead atoms. The second-order valence-corrected chi connectivity index (χ2v) is 51.1. The average molecular weight is 941 g/mol. The first-order valence-electron chi connectivity index (χ1n) is 22.3. The Morgan fingerprint density at radius 1 is 0.340 bits per heavy atom. The standard InChI is InChI=1S/C40H68S2.6CH3.2Sn/c1-3-5-7-9-11-13-15-17-19-21-23-25-27-29-31-37-33-35-41-39(37)40-38(34-36-42-40)32-30-28-26-24-22-20-18-16-14-12-10-8-6-4-2;;;;;;;;/h33-34H,3-32H2,1-2H3;6*1H3;;. The summed E-state index contributed by atoms with van der Waals surface area (Å²) in [4.78, 5) is 19.2. The van der Waals surface area contributed by atoms with Gasteiger partial charge < -0.3 is 0 Å². The molecule has 2 heterocycles. The molecule has 0 atom stereocenters. The van der Waals surface area contributed by atoms with E-state index in [1.54, 1.807) is 26.7 Å². The molecule has 0 amide bonds. The van der Waals surface area contributed by atoms with Crippen LogP contribution < -0.4 is 5.79 Å². The molecule has 0 aliphatic heterocycles. The van der Waals surface area contributed by atoms with Crippen LogP contribution in [0.3, 0.4) is 0 Å². The van der Waals surface area contributed by atoms with Crippen molar-refractivity contribution >= 4 is 65.2 Å². The molecule has 0 saturated heterocycles. The second-order valence-electron chi connectivity index (χ2n) is 18.1. The van der Waals surface area contributed by atoms with Crippen LogP contribution >= 0.6 is 22.7 Å². The summed E-state index contributed by atoms with van der Waals surface area (Å²) in [5.74, 6) is 0. The number of unbranched alkanes of at least 4 members (excludes halogenated alkanes) is 26. The van der Waals surface area contributed by atoms with Gasteiger partial charge in [0, 0.05) is 0 Å². The van der Waals surface area contributed by atoms with Crippen LogP contribution in [0.2, 0.25) is 29.6 Å². The Kier molecular flexibility index (Phi) is 26.8. The topological polar surface area (TPSA) is 0 Å². The van der Waals surface area contributed by atoms with E-state index in [-0.39, 0.29) is 0 Å². The molecule has 0 saturated carbocycles. The molecule has 290 valence electrons. The molecule has 2 aromatic heterocycles. The minimum Gasteiger partial charge on any atom is -0.0654 e. The Balaban J connectivity index is 1.82. The van der Waals surface area contributed by atoms with Gasteiger partial charge in [0.1, 0.15) is 0 Å². The van der Waals surface area contributed by atoms with Crippen LogP contribution in [0.25, 0.3) is 9.75 Å². The molecule has 50 heavy (non-hydrogen) atoms. The predicted octanol–water partition coefficient (Wildman–Crippen LogP) is 16.6. The van der Waals surface area contributed by atoms with Crippen LogP contribution in [-0.4, -0.2) is 36.8 Å². The van der Waals surface area contributed by atoms with Gasteiger partial charge in [-0.3, -0.25) is 0 Å². The molecule has 0 spiro atoms. The molecule has 0 aliphatic carbocycles. The van der Waals surface area contributed by atoms with E-state index in [0.29, 0.717) is 0 Å². The summed E-state index contributed by atoms with van der Waals surface area (Å²) in [6, 6.07) is 5.43. The van der Waals surface area contributed by atoms with Crippen molar-refractivity contribution in [2.45, 2.75) is 236 Å². The molecule has 0 aromatic carbocycles. The Morgan fingerprint density at radius 2 is 0.560 bits per heavy atom. The van der Waals surface area contributed by atoms with Crippen LogP contribution in [0.4, 0.5) is 0 Å². The average Bonchev–Trinajstić information content (AvgIpc) is 3.70. The number of rotatable bonds is 33. The Morgan fingerprint density at radius 3 is 0.780 bits per heavy atom. The second kappa shape index (κ2) is 28.4. The summed E-state index contributed by atoms with van der Waals surface area (Å²) < 4.78 is 3.60. The third-order valence-corrected chi connectivity index (χ3v) is 32.3. The summed E-state index contributed by atoms with van der Waals surface area (Å²) in [5, 5.41) is 0. The van der Waals surface area contributed by atoms with Gasteiger partial charge in [-0.1, -0.05) is 90.9 Å². The molecular formula is C46H86S2Sn2. The zero-order valence-electron chi connectivity index (χ0n) is 35.2. The van der Waals surface area contributed by atoms with Gasteiger partial charge in [0.2, 0.25) is 0 Å². The molecule has 0 unspecified atom stereocenters. The fourth-order valence-corrected chi connectivity index (χ4v) is 20.6. The van der Waals surface area contributed by atoms with Crippen molar-refractivity contribution in [2.75, 3.05) is 0 Å². The van der Waals surface area contributed by atoms with Gasteiger partial charge in [0.25, 0.3) is 0 Å². The molecule has 0 radical (unpaired) electrons. The van der Waals surface area contributed by atoms with Gasteiger partial charge in [-0.2, -0.15) is 0 Å². The summed E-state index contributed by atoms with van der Waals surface area (Å²) in [7, 11) is 0. The Bertz CT molecular complexity index is 997. The van der Waals surface area contributed by atoms with Gasteiger partial charge in [-0.15, -0.1) is 0 Å². The molecule has 0 aliphatic rings. The fraction of sp³-hybridized carbons (Fsp3) is 0.826. The monoisotopic (exact) mass is 942 g/mol. The zero-order chi connectivity index (χ0) is 36.5.